The predicted molar refractivity (Wildman–Crippen MR) is 97.7 cm³/mol. The number of aromatic nitrogens is 1. The normalized spacial score (nSPS) is 10.0. The van der Waals surface area contributed by atoms with Crippen LogP contribution in [0.4, 0.5) is 20.2 Å². The number of carbonyl (C=O) groups is 2. The molecule has 138 valence electrons. The summed E-state index contributed by atoms with van der Waals surface area (Å²) in [6.45, 7) is 0. The maximum Gasteiger partial charge on any atom is 0.274 e. The fourth-order valence-electron chi connectivity index (χ4n) is 2.36. The minimum absolute atomic E-state index is 0.118. The van der Waals surface area contributed by atoms with Crippen LogP contribution in [0.25, 0.3) is 0 Å². The molecule has 0 atom stereocenters. The minimum Gasteiger partial charge on any atom is -0.321 e. The molecule has 1 aromatic heterocycles. The van der Waals surface area contributed by atoms with E-state index in [1.807, 2.05) is 6.07 Å². The third-order valence-electron chi connectivity index (χ3n) is 3.73. The molecule has 0 spiro atoms. The van der Waals surface area contributed by atoms with Gasteiger partial charge in [-0.15, -0.1) is 0 Å². The van der Waals surface area contributed by atoms with Crippen LogP contribution in [0.15, 0.2) is 60.8 Å². The van der Waals surface area contributed by atoms with Gasteiger partial charge in [0.25, 0.3) is 11.8 Å². The summed E-state index contributed by atoms with van der Waals surface area (Å²) in [5.41, 5.74) is 0.379. The summed E-state index contributed by atoms with van der Waals surface area (Å²) in [5, 5.41) is 13.9. The number of nitrogens with one attached hydrogen (secondary N) is 2. The van der Waals surface area contributed by atoms with Crippen LogP contribution in [0.2, 0.25) is 0 Å². The molecule has 2 N–H and O–H groups in total. The number of para-hydroxylation sites is 1. The zero-order chi connectivity index (χ0) is 20.1. The summed E-state index contributed by atoms with van der Waals surface area (Å²) in [6, 6.07) is 13.8. The van der Waals surface area contributed by atoms with Crippen molar-refractivity contribution in [2.75, 3.05) is 10.6 Å². The fourth-order valence-corrected chi connectivity index (χ4v) is 2.36. The van der Waals surface area contributed by atoms with Crippen LogP contribution < -0.4 is 10.6 Å². The van der Waals surface area contributed by atoms with E-state index < -0.39 is 23.4 Å². The first-order valence-corrected chi connectivity index (χ1v) is 8.01. The molecule has 0 fully saturated rings. The van der Waals surface area contributed by atoms with E-state index in [9.17, 15) is 18.4 Å². The van der Waals surface area contributed by atoms with Gasteiger partial charge in [-0.1, -0.05) is 12.1 Å². The Hall–Kier alpha value is -4.12. The van der Waals surface area contributed by atoms with E-state index in [2.05, 4.69) is 15.6 Å². The van der Waals surface area contributed by atoms with Crippen LogP contribution in [0.5, 0.6) is 0 Å². The molecule has 0 radical (unpaired) electrons. The summed E-state index contributed by atoms with van der Waals surface area (Å²) in [4.78, 5) is 28.6. The highest BCUT2D eigenvalue weighted by atomic mass is 19.1. The largest absolute Gasteiger partial charge is 0.321 e. The van der Waals surface area contributed by atoms with Crippen molar-refractivity contribution in [2.45, 2.75) is 0 Å². The van der Waals surface area contributed by atoms with Crippen LogP contribution in [-0.2, 0) is 0 Å². The lowest BCUT2D eigenvalue weighted by Gasteiger charge is -2.09. The van der Waals surface area contributed by atoms with Gasteiger partial charge in [-0.05, 0) is 36.4 Å². The van der Waals surface area contributed by atoms with E-state index in [1.54, 1.807) is 24.3 Å². The highest BCUT2D eigenvalue weighted by Crippen LogP contribution is 2.17. The standard InChI is InChI=1S/C20H12F2N4O2/c21-14-5-6-17(15(22)10-14)26-20(28)18-9-12(7-8-24-18)19(27)25-16-4-2-1-3-13(16)11-23/h1-10H,(H,25,27)(H,26,28). The first kappa shape index (κ1) is 18.7. The fraction of sp³-hybridized carbons (Fsp3) is 0. The zero-order valence-electron chi connectivity index (χ0n) is 14.2. The van der Waals surface area contributed by atoms with Crippen molar-refractivity contribution in [3.63, 3.8) is 0 Å². The summed E-state index contributed by atoms with van der Waals surface area (Å²) >= 11 is 0. The average Bonchev–Trinajstić information content (AvgIpc) is 2.70. The van der Waals surface area contributed by atoms with Crippen molar-refractivity contribution in [1.29, 1.82) is 5.26 Å². The Kier molecular flexibility index (Phi) is 5.37. The molecule has 2 amide bonds. The van der Waals surface area contributed by atoms with E-state index in [-0.39, 0.29) is 22.5 Å². The number of pyridine rings is 1. The van der Waals surface area contributed by atoms with Gasteiger partial charge in [0, 0.05) is 17.8 Å². The molecule has 0 saturated heterocycles. The molecule has 1 heterocycles. The zero-order valence-corrected chi connectivity index (χ0v) is 14.2. The molecule has 2 aromatic carbocycles. The van der Waals surface area contributed by atoms with Crippen molar-refractivity contribution in [3.8, 4) is 6.07 Å². The number of nitrogens with zero attached hydrogens (tertiary/aromatic N) is 2. The molecule has 0 aliphatic rings. The van der Waals surface area contributed by atoms with Crippen LogP contribution in [0, 0.1) is 23.0 Å². The second kappa shape index (κ2) is 8.05. The second-order valence-electron chi connectivity index (χ2n) is 5.62. The molecule has 6 nitrogen and oxygen atoms in total. The van der Waals surface area contributed by atoms with E-state index in [0.29, 0.717) is 11.8 Å². The van der Waals surface area contributed by atoms with Crippen molar-refractivity contribution < 1.29 is 18.4 Å². The Morgan fingerprint density at radius 2 is 1.68 bits per heavy atom. The molecule has 0 saturated carbocycles. The molecule has 0 aliphatic carbocycles. The van der Waals surface area contributed by atoms with E-state index in [1.165, 1.54) is 18.3 Å². The van der Waals surface area contributed by atoms with Gasteiger partial charge in [0.05, 0.1) is 16.9 Å². The molecule has 0 bridgehead atoms. The second-order valence-corrected chi connectivity index (χ2v) is 5.62. The molecule has 28 heavy (non-hydrogen) atoms. The topological polar surface area (TPSA) is 94.9 Å². The van der Waals surface area contributed by atoms with Crippen LogP contribution in [-0.4, -0.2) is 16.8 Å². The number of benzene rings is 2. The summed E-state index contributed by atoms with van der Waals surface area (Å²) < 4.78 is 26.6. The number of carbonyl (C=O) groups excluding carboxylic acids is 2. The number of rotatable bonds is 4. The predicted octanol–water partition coefficient (Wildman–Crippen LogP) is 3.74. The molecule has 8 heteroatoms. The summed E-state index contributed by atoms with van der Waals surface area (Å²) in [7, 11) is 0. The van der Waals surface area contributed by atoms with Crippen molar-refractivity contribution in [3.05, 3.63) is 89.2 Å². The van der Waals surface area contributed by atoms with Gasteiger partial charge < -0.3 is 10.6 Å². The number of nitriles is 1. The molecule has 3 rings (SSSR count). The van der Waals surface area contributed by atoms with E-state index in [4.69, 9.17) is 5.26 Å². The van der Waals surface area contributed by atoms with Crippen LogP contribution in [0.1, 0.15) is 26.4 Å². The Balaban J connectivity index is 1.78. The van der Waals surface area contributed by atoms with Gasteiger partial charge in [0.2, 0.25) is 0 Å². The van der Waals surface area contributed by atoms with E-state index in [0.717, 1.165) is 12.1 Å². The van der Waals surface area contributed by atoms with Crippen molar-refractivity contribution >= 4 is 23.2 Å². The van der Waals surface area contributed by atoms with Crippen LogP contribution >= 0.6 is 0 Å². The number of anilines is 2. The first-order valence-electron chi connectivity index (χ1n) is 8.01. The lowest BCUT2D eigenvalue weighted by atomic mass is 10.1. The number of hydrogen-bond acceptors (Lipinski definition) is 4. The molecule has 0 unspecified atom stereocenters. The average molecular weight is 378 g/mol. The van der Waals surface area contributed by atoms with Crippen molar-refractivity contribution in [1.82, 2.24) is 4.98 Å². The lowest BCUT2D eigenvalue weighted by Crippen LogP contribution is -2.17. The lowest BCUT2D eigenvalue weighted by molar-refractivity contribution is 0.102. The third kappa shape index (κ3) is 4.16. The number of halogens is 2. The Bertz CT molecular complexity index is 1110. The molecule has 3 aromatic rings. The number of hydrogen-bond donors (Lipinski definition) is 2. The van der Waals surface area contributed by atoms with Gasteiger partial charge in [-0.25, -0.2) is 8.78 Å². The summed E-state index contributed by atoms with van der Waals surface area (Å²) in [6.07, 6.45) is 1.25. The number of amides is 2. The third-order valence-corrected chi connectivity index (χ3v) is 3.73. The Labute approximate surface area is 158 Å². The smallest absolute Gasteiger partial charge is 0.274 e. The molecule has 0 aliphatic heterocycles. The monoisotopic (exact) mass is 378 g/mol. The van der Waals surface area contributed by atoms with Gasteiger partial charge in [-0.3, -0.25) is 14.6 Å². The molecular formula is C20H12F2N4O2. The van der Waals surface area contributed by atoms with Gasteiger partial charge in [-0.2, -0.15) is 5.26 Å². The highest BCUT2D eigenvalue weighted by Gasteiger charge is 2.15. The van der Waals surface area contributed by atoms with Gasteiger partial charge in [0.1, 0.15) is 23.4 Å². The van der Waals surface area contributed by atoms with E-state index >= 15 is 0 Å². The highest BCUT2D eigenvalue weighted by molar-refractivity contribution is 6.08. The SMILES string of the molecule is N#Cc1ccccc1NC(=O)c1ccnc(C(=O)Nc2ccc(F)cc2F)c1. The maximum atomic E-state index is 13.7. The quantitative estimate of drug-likeness (QED) is 0.723. The first-order chi connectivity index (χ1) is 13.5. The van der Waals surface area contributed by atoms with Crippen LogP contribution in [0.3, 0.4) is 0 Å². The molecular weight excluding hydrogens is 366 g/mol. The van der Waals surface area contributed by atoms with Crippen molar-refractivity contribution in [2.24, 2.45) is 0 Å². The Morgan fingerprint density at radius 3 is 2.43 bits per heavy atom. The van der Waals surface area contributed by atoms with Gasteiger partial charge >= 0.3 is 0 Å². The Morgan fingerprint density at radius 1 is 0.929 bits per heavy atom. The van der Waals surface area contributed by atoms with Gasteiger partial charge in [0.15, 0.2) is 0 Å². The minimum atomic E-state index is -0.935. The summed E-state index contributed by atoms with van der Waals surface area (Å²) in [5.74, 6) is -3.02. The maximum absolute atomic E-state index is 13.7.